The first-order valence-corrected chi connectivity index (χ1v) is 4.56. The summed E-state index contributed by atoms with van der Waals surface area (Å²) in [6, 6.07) is 3.69. The van der Waals surface area contributed by atoms with E-state index in [2.05, 4.69) is 0 Å². The van der Waals surface area contributed by atoms with Crippen LogP contribution in [0.1, 0.15) is 5.56 Å². The van der Waals surface area contributed by atoms with Crippen LogP contribution in [0.4, 0.5) is 13.2 Å². The summed E-state index contributed by atoms with van der Waals surface area (Å²) in [7, 11) is 0. The molecule has 2 aromatic rings. The lowest BCUT2D eigenvalue weighted by Gasteiger charge is -2.07. The van der Waals surface area contributed by atoms with Crippen molar-refractivity contribution in [2.75, 3.05) is 0 Å². The SMILES string of the molecule is O=c1cc(Cl)c2cc(C(F)(F)F)ccc2o1. The van der Waals surface area contributed by atoms with Crippen molar-refractivity contribution in [2.24, 2.45) is 0 Å². The molecule has 0 aliphatic carbocycles. The van der Waals surface area contributed by atoms with E-state index in [0.717, 1.165) is 24.3 Å². The summed E-state index contributed by atoms with van der Waals surface area (Å²) in [6.45, 7) is 0. The van der Waals surface area contributed by atoms with Crippen LogP contribution < -0.4 is 5.63 Å². The second kappa shape index (κ2) is 3.52. The Hall–Kier alpha value is -1.49. The van der Waals surface area contributed by atoms with Gasteiger partial charge >= 0.3 is 11.8 Å². The third-order valence-electron chi connectivity index (χ3n) is 2.02. The monoisotopic (exact) mass is 248 g/mol. The van der Waals surface area contributed by atoms with Gasteiger partial charge in [0.15, 0.2) is 0 Å². The van der Waals surface area contributed by atoms with Crippen molar-refractivity contribution in [3.63, 3.8) is 0 Å². The molecule has 0 saturated heterocycles. The minimum Gasteiger partial charge on any atom is -0.423 e. The van der Waals surface area contributed by atoms with Crippen LogP contribution in [0.2, 0.25) is 5.02 Å². The number of halogens is 4. The van der Waals surface area contributed by atoms with Gasteiger partial charge in [-0.25, -0.2) is 4.79 Å². The molecular weight excluding hydrogens is 245 g/mol. The van der Waals surface area contributed by atoms with E-state index >= 15 is 0 Å². The van der Waals surface area contributed by atoms with Crippen LogP contribution >= 0.6 is 11.6 Å². The molecule has 0 spiro atoms. The van der Waals surface area contributed by atoms with E-state index < -0.39 is 17.4 Å². The predicted molar refractivity (Wildman–Crippen MR) is 52.5 cm³/mol. The van der Waals surface area contributed by atoms with E-state index in [4.69, 9.17) is 16.0 Å². The highest BCUT2D eigenvalue weighted by atomic mass is 35.5. The van der Waals surface area contributed by atoms with Crippen molar-refractivity contribution < 1.29 is 17.6 Å². The first-order chi connectivity index (χ1) is 7.38. The van der Waals surface area contributed by atoms with Crippen molar-refractivity contribution in [2.45, 2.75) is 6.18 Å². The molecule has 0 aliphatic rings. The maximum absolute atomic E-state index is 12.4. The van der Waals surface area contributed by atoms with Crippen molar-refractivity contribution in [1.29, 1.82) is 0 Å². The molecule has 0 saturated carbocycles. The smallest absolute Gasteiger partial charge is 0.416 e. The Balaban J connectivity index is 2.76. The fraction of sp³-hybridized carbons (Fsp3) is 0.100. The van der Waals surface area contributed by atoms with Gasteiger partial charge < -0.3 is 4.42 Å². The number of rotatable bonds is 0. The summed E-state index contributed by atoms with van der Waals surface area (Å²) in [6.07, 6.45) is -4.45. The summed E-state index contributed by atoms with van der Waals surface area (Å²) in [4.78, 5) is 10.9. The van der Waals surface area contributed by atoms with E-state index in [1.54, 1.807) is 0 Å². The Labute approximate surface area is 92.2 Å². The zero-order valence-corrected chi connectivity index (χ0v) is 8.39. The molecule has 0 N–H and O–H groups in total. The summed E-state index contributed by atoms with van der Waals surface area (Å²) >= 11 is 5.66. The van der Waals surface area contributed by atoms with Crippen LogP contribution in [0.15, 0.2) is 33.5 Å². The molecule has 6 heteroatoms. The zero-order chi connectivity index (χ0) is 11.9. The molecular formula is C10H4ClF3O2. The van der Waals surface area contributed by atoms with Gasteiger partial charge in [0, 0.05) is 11.5 Å². The molecule has 16 heavy (non-hydrogen) atoms. The van der Waals surface area contributed by atoms with Crippen molar-refractivity contribution in [3.05, 3.63) is 45.3 Å². The third-order valence-corrected chi connectivity index (χ3v) is 2.33. The average molecular weight is 249 g/mol. The normalized spacial score (nSPS) is 12.0. The molecule has 1 aromatic heterocycles. The Morgan fingerprint density at radius 1 is 1.19 bits per heavy atom. The fourth-order valence-corrected chi connectivity index (χ4v) is 1.54. The van der Waals surface area contributed by atoms with Crippen molar-refractivity contribution in [3.8, 4) is 0 Å². The lowest BCUT2D eigenvalue weighted by Crippen LogP contribution is -2.05. The van der Waals surface area contributed by atoms with Crippen LogP contribution in [0, 0.1) is 0 Å². The lowest BCUT2D eigenvalue weighted by molar-refractivity contribution is -0.137. The topological polar surface area (TPSA) is 30.2 Å². The van der Waals surface area contributed by atoms with E-state index in [1.165, 1.54) is 0 Å². The van der Waals surface area contributed by atoms with Crippen LogP contribution in [-0.2, 0) is 6.18 Å². The standard InChI is InChI=1S/C10H4ClF3O2/c11-7-4-9(15)16-8-2-1-5(3-6(7)8)10(12,13)14/h1-4H. The van der Waals surface area contributed by atoms with Gasteiger partial charge in [0.25, 0.3) is 0 Å². The highest BCUT2D eigenvalue weighted by molar-refractivity contribution is 6.35. The maximum Gasteiger partial charge on any atom is 0.416 e. The van der Waals surface area contributed by atoms with Gasteiger partial charge in [-0.2, -0.15) is 13.2 Å². The van der Waals surface area contributed by atoms with Gasteiger partial charge in [-0.3, -0.25) is 0 Å². The summed E-state index contributed by atoms with van der Waals surface area (Å²) in [5.74, 6) is 0. The van der Waals surface area contributed by atoms with Gasteiger partial charge in [0.1, 0.15) is 5.58 Å². The highest BCUT2D eigenvalue weighted by Crippen LogP contribution is 2.32. The second-order valence-corrected chi connectivity index (χ2v) is 3.53. The van der Waals surface area contributed by atoms with Gasteiger partial charge in [-0.05, 0) is 18.2 Å². The van der Waals surface area contributed by atoms with Gasteiger partial charge in [0.05, 0.1) is 10.6 Å². The molecule has 84 valence electrons. The highest BCUT2D eigenvalue weighted by Gasteiger charge is 2.30. The predicted octanol–water partition coefficient (Wildman–Crippen LogP) is 3.47. The molecule has 2 rings (SSSR count). The van der Waals surface area contributed by atoms with E-state index in [1.807, 2.05) is 0 Å². The Kier molecular flexibility index (Phi) is 2.42. The molecule has 0 atom stereocenters. The number of alkyl halides is 3. The quantitative estimate of drug-likeness (QED) is 0.668. The fourth-order valence-electron chi connectivity index (χ4n) is 1.30. The van der Waals surface area contributed by atoms with Gasteiger partial charge in [-0.15, -0.1) is 0 Å². The average Bonchev–Trinajstić information content (AvgIpc) is 2.15. The van der Waals surface area contributed by atoms with Crippen LogP contribution in [0.3, 0.4) is 0 Å². The molecule has 0 bridgehead atoms. The summed E-state index contributed by atoms with van der Waals surface area (Å²) in [5.41, 5.74) is -1.50. The number of fused-ring (bicyclic) bond motifs is 1. The number of hydrogen-bond acceptors (Lipinski definition) is 2. The number of benzene rings is 1. The third kappa shape index (κ3) is 1.90. The lowest BCUT2D eigenvalue weighted by atomic mass is 10.1. The van der Waals surface area contributed by atoms with Crippen molar-refractivity contribution in [1.82, 2.24) is 0 Å². The molecule has 0 radical (unpaired) electrons. The molecule has 0 aliphatic heterocycles. The Bertz CT molecular complexity index is 601. The van der Waals surface area contributed by atoms with E-state index in [9.17, 15) is 18.0 Å². The maximum atomic E-state index is 12.4. The largest absolute Gasteiger partial charge is 0.423 e. The Morgan fingerprint density at radius 3 is 2.50 bits per heavy atom. The molecule has 0 amide bonds. The molecule has 1 aromatic carbocycles. The van der Waals surface area contributed by atoms with E-state index in [-0.39, 0.29) is 16.0 Å². The van der Waals surface area contributed by atoms with E-state index in [0.29, 0.717) is 0 Å². The Morgan fingerprint density at radius 2 is 1.88 bits per heavy atom. The molecule has 2 nitrogen and oxygen atoms in total. The molecule has 1 heterocycles. The van der Waals surface area contributed by atoms with Gasteiger partial charge in [-0.1, -0.05) is 11.6 Å². The minimum atomic E-state index is -4.45. The summed E-state index contributed by atoms with van der Waals surface area (Å²) in [5, 5.41) is 0.00782. The first-order valence-electron chi connectivity index (χ1n) is 4.18. The first kappa shape index (κ1) is 11.0. The second-order valence-electron chi connectivity index (χ2n) is 3.12. The van der Waals surface area contributed by atoms with Gasteiger partial charge in [0.2, 0.25) is 0 Å². The molecule has 0 fully saturated rings. The van der Waals surface area contributed by atoms with Crippen LogP contribution in [0.25, 0.3) is 11.0 Å². The zero-order valence-electron chi connectivity index (χ0n) is 7.64. The summed E-state index contributed by atoms with van der Waals surface area (Å²) < 4.78 is 41.9. The minimum absolute atomic E-state index is 0.0329. The molecule has 0 unspecified atom stereocenters. The number of hydrogen-bond donors (Lipinski definition) is 0. The van der Waals surface area contributed by atoms with Crippen LogP contribution in [0.5, 0.6) is 0 Å². The van der Waals surface area contributed by atoms with Crippen molar-refractivity contribution >= 4 is 22.6 Å². The van der Waals surface area contributed by atoms with Crippen LogP contribution in [-0.4, -0.2) is 0 Å².